The predicted octanol–water partition coefficient (Wildman–Crippen LogP) is 2.21. The van der Waals surface area contributed by atoms with Crippen molar-refractivity contribution in [2.24, 2.45) is 0 Å². The molecule has 4 nitrogen and oxygen atoms in total. The lowest BCUT2D eigenvalue weighted by atomic mass is 10.1. The lowest BCUT2D eigenvalue weighted by Gasteiger charge is -2.13. The van der Waals surface area contributed by atoms with Crippen LogP contribution in [0.1, 0.15) is 12.0 Å². The number of amides is 1. The van der Waals surface area contributed by atoms with Gasteiger partial charge in [-0.2, -0.15) is 0 Å². The second-order valence-corrected chi connectivity index (χ2v) is 5.50. The van der Waals surface area contributed by atoms with Gasteiger partial charge >= 0.3 is 0 Å². The van der Waals surface area contributed by atoms with Crippen LogP contribution in [0.3, 0.4) is 0 Å². The Bertz CT molecular complexity index is 659. The number of pyridine rings is 1. The monoisotopic (exact) mass is 289 g/mol. The van der Waals surface area contributed by atoms with E-state index in [1.807, 2.05) is 31.3 Å². The van der Waals surface area contributed by atoms with E-state index in [4.69, 9.17) is 11.6 Å². The summed E-state index contributed by atoms with van der Waals surface area (Å²) in [7, 11) is 1.84. The summed E-state index contributed by atoms with van der Waals surface area (Å²) in [6, 6.07) is 7.59. The maximum absolute atomic E-state index is 11.9. The molecule has 2 aromatic rings. The first-order valence-electron chi connectivity index (χ1n) is 6.67. The van der Waals surface area contributed by atoms with Crippen LogP contribution in [0.4, 0.5) is 0 Å². The fourth-order valence-corrected chi connectivity index (χ4v) is 2.80. The standard InChI is InChI=1S/C15H16ClN3O/c1-19-8-6-13(15(19)20)18-9-10-4-5-12(16)11-3-2-7-17-14(10)11/h2-5,7,13,18H,6,8-9H2,1H3. The van der Waals surface area contributed by atoms with Gasteiger partial charge < -0.3 is 10.2 Å². The molecule has 1 saturated heterocycles. The minimum absolute atomic E-state index is 0.0885. The van der Waals surface area contributed by atoms with Gasteiger partial charge in [-0.3, -0.25) is 9.78 Å². The van der Waals surface area contributed by atoms with Crippen molar-refractivity contribution < 1.29 is 4.79 Å². The number of likely N-dealkylation sites (N-methyl/N-ethyl adjacent to an activating group) is 1. The number of carbonyl (C=O) groups is 1. The summed E-state index contributed by atoms with van der Waals surface area (Å²) in [5.41, 5.74) is 1.96. The van der Waals surface area contributed by atoms with Crippen molar-refractivity contribution in [1.82, 2.24) is 15.2 Å². The molecule has 1 aliphatic rings. The third-order valence-electron chi connectivity index (χ3n) is 3.77. The second-order valence-electron chi connectivity index (χ2n) is 5.09. The highest BCUT2D eigenvalue weighted by Crippen LogP contribution is 2.24. The molecule has 1 aromatic carbocycles. The maximum Gasteiger partial charge on any atom is 0.239 e. The number of benzene rings is 1. The molecule has 0 saturated carbocycles. The largest absolute Gasteiger partial charge is 0.344 e. The van der Waals surface area contributed by atoms with Gasteiger partial charge in [0, 0.05) is 36.7 Å². The molecule has 5 heteroatoms. The lowest BCUT2D eigenvalue weighted by molar-refractivity contribution is -0.128. The Hall–Kier alpha value is -1.65. The molecule has 1 atom stereocenters. The van der Waals surface area contributed by atoms with E-state index >= 15 is 0 Å². The SMILES string of the molecule is CN1CCC(NCc2ccc(Cl)c3cccnc23)C1=O. The van der Waals surface area contributed by atoms with Gasteiger partial charge in [-0.15, -0.1) is 0 Å². The smallest absolute Gasteiger partial charge is 0.239 e. The molecule has 20 heavy (non-hydrogen) atoms. The highest BCUT2D eigenvalue weighted by Gasteiger charge is 2.28. The minimum Gasteiger partial charge on any atom is -0.344 e. The Kier molecular flexibility index (Phi) is 3.59. The number of fused-ring (bicyclic) bond motifs is 1. The zero-order valence-corrected chi connectivity index (χ0v) is 12.0. The zero-order valence-electron chi connectivity index (χ0n) is 11.3. The molecule has 104 valence electrons. The van der Waals surface area contributed by atoms with Crippen molar-refractivity contribution >= 4 is 28.4 Å². The summed E-state index contributed by atoms with van der Waals surface area (Å²) in [6.45, 7) is 1.44. The molecule has 0 bridgehead atoms. The third-order valence-corrected chi connectivity index (χ3v) is 4.10. The summed E-state index contributed by atoms with van der Waals surface area (Å²) >= 11 is 6.18. The lowest BCUT2D eigenvalue weighted by Crippen LogP contribution is -2.36. The van der Waals surface area contributed by atoms with Crippen LogP contribution in [0.2, 0.25) is 5.02 Å². The Morgan fingerprint density at radius 2 is 2.30 bits per heavy atom. The summed E-state index contributed by atoms with van der Waals surface area (Å²) in [4.78, 5) is 18.0. The molecule has 1 fully saturated rings. The fraction of sp³-hybridized carbons (Fsp3) is 0.333. The van der Waals surface area contributed by atoms with Gasteiger partial charge in [-0.25, -0.2) is 0 Å². The van der Waals surface area contributed by atoms with Crippen LogP contribution in [0.5, 0.6) is 0 Å². The number of rotatable bonds is 3. The Morgan fingerprint density at radius 3 is 3.05 bits per heavy atom. The average Bonchev–Trinajstić information content (AvgIpc) is 2.79. The van der Waals surface area contributed by atoms with Crippen LogP contribution in [0, 0.1) is 0 Å². The molecule has 1 unspecified atom stereocenters. The highest BCUT2D eigenvalue weighted by atomic mass is 35.5. The molecule has 0 spiro atoms. The predicted molar refractivity (Wildman–Crippen MR) is 79.6 cm³/mol. The van der Waals surface area contributed by atoms with Gasteiger partial charge in [0.15, 0.2) is 0 Å². The summed E-state index contributed by atoms with van der Waals surface area (Å²) in [5, 5.41) is 4.97. The van der Waals surface area contributed by atoms with Crippen molar-refractivity contribution in [1.29, 1.82) is 0 Å². The Balaban J connectivity index is 1.82. The zero-order chi connectivity index (χ0) is 14.1. The van der Waals surface area contributed by atoms with E-state index in [1.165, 1.54) is 0 Å². The Morgan fingerprint density at radius 1 is 1.45 bits per heavy atom. The van der Waals surface area contributed by atoms with Gasteiger partial charge in [0.2, 0.25) is 5.91 Å². The van der Waals surface area contributed by atoms with Crippen molar-refractivity contribution in [2.75, 3.05) is 13.6 Å². The number of nitrogens with zero attached hydrogens (tertiary/aromatic N) is 2. The Labute approximate surface area is 122 Å². The first-order valence-corrected chi connectivity index (χ1v) is 7.05. The highest BCUT2D eigenvalue weighted by molar-refractivity contribution is 6.35. The fourth-order valence-electron chi connectivity index (χ4n) is 2.58. The van der Waals surface area contributed by atoms with Crippen molar-refractivity contribution in [3.05, 3.63) is 41.0 Å². The first-order chi connectivity index (χ1) is 9.66. The molecule has 1 N–H and O–H groups in total. The maximum atomic E-state index is 11.9. The third kappa shape index (κ3) is 2.37. The van der Waals surface area contributed by atoms with Crippen LogP contribution in [0.25, 0.3) is 10.9 Å². The summed E-state index contributed by atoms with van der Waals surface area (Å²) < 4.78 is 0. The molecular weight excluding hydrogens is 274 g/mol. The van der Waals surface area contributed by atoms with E-state index in [0.29, 0.717) is 11.6 Å². The number of nitrogens with one attached hydrogen (secondary N) is 1. The molecule has 1 aliphatic heterocycles. The average molecular weight is 290 g/mol. The minimum atomic E-state index is -0.0885. The first kappa shape index (κ1) is 13.3. The number of hydrogen-bond acceptors (Lipinski definition) is 3. The van der Waals surface area contributed by atoms with E-state index in [0.717, 1.165) is 29.4 Å². The number of halogens is 1. The number of carbonyl (C=O) groups excluding carboxylic acids is 1. The molecule has 1 amide bonds. The van der Waals surface area contributed by atoms with E-state index < -0.39 is 0 Å². The molecule has 0 aliphatic carbocycles. The summed E-state index contributed by atoms with van der Waals surface area (Å²) in [5.74, 6) is 0.163. The van der Waals surface area contributed by atoms with Crippen LogP contribution in [-0.4, -0.2) is 35.4 Å². The molecule has 3 rings (SSSR count). The van der Waals surface area contributed by atoms with Crippen molar-refractivity contribution in [2.45, 2.75) is 19.0 Å². The van der Waals surface area contributed by atoms with Crippen LogP contribution < -0.4 is 5.32 Å². The van der Waals surface area contributed by atoms with Gasteiger partial charge in [-0.1, -0.05) is 17.7 Å². The molecular formula is C15H16ClN3O. The molecule has 0 radical (unpaired) electrons. The van der Waals surface area contributed by atoms with E-state index in [1.54, 1.807) is 11.1 Å². The van der Waals surface area contributed by atoms with Crippen molar-refractivity contribution in [3.8, 4) is 0 Å². The van der Waals surface area contributed by atoms with Gasteiger partial charge in [-0.05, 0) is 30.2 Å². The normalized spacial score (nSPS) is 19.0. The number of aromatic nitrogens is 1. The van der Waals surface area contributed by atoms with Crippen molar-refractivity contribution in [3.63, 3.8) is 0 Å². The number of hydrogen-bond donors (Lipinski definition) is 1. The van der Waals surface area contributed by atoms with E-state index in [-0.39, 0.29) is 11.9 Å². The quantitative estimate of drug-likeness (QED) is 0.942. The van der Waals surface area contributed by atoms with Gasteiger partial charge in [0.05, 0.1) is 11.6 Å². The molecule has 1 aromatic heterocycles. The van der Waals surface area contributed by atoms with Crippen LogP contribution >= 0.6 is 11.6 Å². The topological polar surface area (TPSA) is 45.2 Å². The summed E-state index contributed by atoms with van der Waals surface area (Å²) in [6.07, 6.45) is 2.62. The number of likely N-dealkylation sites (tertiary alicyclic amines) is 1. The van der Waals surface area contributed by atoms with Crippen LogP contribution in [0.15, 0.2) is 30.5 Å². The van der Waals surface area contributed by atoms with Gasteiger partial charge in [0.1, 0.15) is 0 Å². The molecule has 2 heterocycles. The second kappa shape index (κ2) is 5.38. The van der Waals surface area contributed by atoms with E-state index in [9.17, 15) is 4.79 Å². The van der Waals surface area contributed by atoms with Crippen LogP contribution in [-0.2, 0) is 11.3 Å². The van der Waals surface area contributed by atoms with E-state index in [2.05, 4.69) is 10.3 Å². The van der Waals surface area contributed by atoms with Gasteiger partial charge in [0.25, 0.3) is 0 Å².